The highest BCUT2D eigenvalue weighted by atomic mass is 16.5. The lowest BCUT2D eigenvalue weighted by Gasteiger charge is -2.19. The van der Waals surface area contributed by atoms with E-state index in [9.17, 15) is 9.59 Å². The molecule has 0 heterocycles. The fourth-order valence-corrected chi connectivity index (χ4v) is 3.32. The maximum Gasteiger partial charge on any atom is 0.339 e. The number of hydrogen-bond donors (Lipinski definition) is 0. The lowest BCUT2D eigenvalue weighted by Crippen LogP contribution is -2.20. The molecule has 0 N–H and O–H groups in total. The molecule has 3 rings (SSSR count). The Labute approximate surface area is 187 Å². The Balaban J connectivity index is 1.99. The molecule has 0 fully saturated rings. The lowest BCUT2D eigenvalue weighted by atomic mass is 9.97. The van der Waals surface area contributed by atoms with Crippen LogP contribution in [0.15, 0.2) is 60.7 Å². The average Bonchev–Trinajstić information content (AvgIpc) is 2.83. The Bertz CT molecular complexity index is 1100. The third-order valence-corrected chi connectivity index (χ3v) is 5.26. The first kappa shape index (κ1) is 22.9. The second kappa shape index (κ2) is 10.0. The van der Waals surface area contributed by atoms with Crippen LogP contribution in [0.5, 0.6) is 17.2 Å². The first-order chi connectivity index (χ1) is 15.4. The summed E-state index contributed by atoms with van der Waals surface area (Å²) in [6.07, 6.45) is -1.11. The van der Waals surface area contributed by atoms with Gasteiger partial charge in [0.15, 0.2) is 17.6 Å². The largest absolute Gasteiger partial charge is 0.493 e. The van der Waals surface area contributed by atoms with Crippen molar-refractivity contribution in [3.05, 3.63) is 88.5 Å². The van der Waals surface area contributed by atoms with E-state index in [0.29, 0.717) is 28.4 Å². The molecular weight excluding hydrogens is 408 g/mol. The summed E-state index contributed by atoms with van der Waals surface area (Å²) in [4.78, 5) is 26.5. The molecule has 0 saturated heterocycles. The van der Waals surface area contributed by atoms with Gasteiger partial charge in [0, 0.05) is 11.1 Å². The first-order valence-corrected chi connectivity index (χ1v) is 10.1. The monoisotopic (exact) mass is 434 g/mol. The second-order valence-electron chi connectivity index (χ2n) is 7.27. The summed E-state index contributed by atoms with van der Waals surface area (Å²) in [5.74, 6) is -0.00107. The van der Waals surface area contributed by atoms with E-state index in [0.717, 1.165) is 11.1 Å². The van der Waals surface area contributed by atoms with Gasteiger partial charge in [0.05, 0.1) is 26.9 Å². The van der Waals surface area contributed by atoms with Crippen molar-refractivity contribution in [1.29, 1.82) is 0 Å². The quantitative estimate of drug-likeness (QED) is 0.362. The van der Waals surface area contributed by atoms with Gasteiger partial charge in [0.25, 0.3) is 0 Å². The van der Waals surface area contributed by atoms with Crippen LogP contribution in [0.2, 0.25) is 0 Å². The minimum Gasteiger partial charge on any atom is -0.493 e. The number of carbonyl (C=O) groups is 2. The number of esters is 1. The third-order valence-electron chi connectivity index (χ3n) is 5.26. The first-order valence-electron chi connectivity index (χ1n) is 10.1. The average molecular weight is 434 g/mol. The van der Waals surface area contributed by atoms with Crippen molar-refractivity contribution in [2.45, 2.75) is 20.0 Å². The van der Waals surface area contributed by atoms with Gasteiger partial charge in [-0.3, -0.25) is 4.79 Å². The fraction of sp³-hybridized carbons (Fsp3) is 0.231. The van der Waals surface area contributed by atoms with Crippen LogP contribution < -0.4 is 14.2 Å². The molecule has 0 saturated carbocycles. The van der Waals surface area contributed by atoms with Crippen LogP contribution in [0.3, 0.4) is 0 Å². The molecule has 0 unspecified atom stereocenters. The summed E-state index contributed by atoms with van der Waals surface area (Å²) in [6, 6.07) is 17.4. The van der Waals surface area contributed by atoms with Crippen LogP contribution in [0.25, 0.3) is 0 Å². The summed E-state index contributed by atoms with van der Waals surface area (Å²) in [5, 5.41) is 0. The highest BCUT2D eigenvalue weighted by Crippen LogP contribution is 2.38. The molecule has 0 aliphatic carbocycles. The van der Waals surface area contributed by atoms with Crippen molar-refractivity contribution >= 4 is 11.8 Å². The van der Waals surface area contributed by atoms with E-state index in [2.05, 4.69) is 0 Å². The van der Waals surface area contributed by atoms with Crippen LogP contribution in [0.4, 0.5) is 0 Å². The summed E-state index contributed by atoms with van der Waals surface area (Å²) in [7, 11) is 4.40. The van der Waals surface area contributed by atoms with Crippen LogP contribution in [-0.2, 0) is 4.74 Å². The molecule has 0 bridgehead atoms. The molecular formula is C26H26O6. The molecule has 6 nitrogen and oxygen atoms in total. The number of aryl methyl sites for hydroxylation is 2. The molecule has 3 aromatic carbocycles. The molecule has 0 aliphatic rings. The molecule has 0 aromatic heterocycles. The zero-order chi connectivity index (χ0) is 23.3. The van der Waals surface area contributed by atoms with Crippen LogP contribution in [0, 0.1) is 13.8 Å². The number of benzene rings is 3. The zero-order valence-electron chi connectivity index (χ0n) is 18.8. The van der Waals surface area contributed by atoms with Gasteiger partial charge in [0.2, 0.25) is 11.5 Å². The number of carbonyl (C=O) groups excluding carboxylic acids is 2. The summed E-state index contributed by atoms with van der Waals surface area (Å²) < 4.78 is 21.7. The van der Waals surface area contributed by atoms with Crippen molar-refractivity contribution < 1.29 is 28.5 Å². The van der Waals surface area contributed by atoms with E-state index in [1.165, 1.54) is 33.5 Å². The Hall–Kier alpha value is -3.80. The lowest BCUT2D eigenvalue weighted by molar-refractivity contribution is 0.0279. The van der Waals surface area contributed by atoms with E-state index in [4.69, 9.17) is 18.9 Å². The summed E-state index contributed by atoms with van der Waals surface area (Å²) in [6.45, 7) is 3.91. The molecule has 0 amide bonds. The van der Waals surface area contributed by atoms with Gasteiger partial charge in [-0.15, -0.1) is 0 Å². The maximum atomic E-state index is 13.4. The van der Waals surface area contributed by atoms with Gasteiger partial charge in [-0.25, -0.2) is 4.79 Å². The van der Waals surface area contributed by atoms with Gasteiger partial charge in [-0.1, -0.05) is 42.5 Å². The number of ketones is 1. The molecule has 1 atom stereocenters. The minimum atomic E-state index is -1.11. The van der Waals surface area contributed by atoms with Crippen molar-refractivity contribution in [1.82, 2.24) is 0 Å². The Morgan fingerprint density at radius 2 is 1.34 bits per heavy atom. The van der Waals surface area contributed by atoms with E-state index >= 15 is 0 Å². The smallest absolute Gasteiger partial charge is 0.339 e. The van der Waals surface area contributed by atoms with Gasteiger partial charge >= 0.3 is 5.97 Å². The molecule has 0 radical (unpaired) electrons. The minimum absolute atomic E-state index is 0.174. The Morgan fingerprint density at radius 1 is 0.719 bits per heavy atom. The van der Waals surface area contributed by atoms with E-state index < -0.39 is 12.1 Å². The van der Waals surface area contributed by atoms with Crippen LogP contribution in [-0.4, -0.2) is 33.1 Å². The van der Waals surface area contributed by atoms with Gasteiger partial charge in [-0.05, 0) is 43.2 Å². The van der Waals surface area contributed by atoms with Crippen LogP contribution >= 0.6 is 0 Å². The second-order valence-corrected chi connectivity index (χ2v) is 7.27. The van der Waals surface area contributed by atoms with Crippen molar-refractivity contribution in [3.8, 4) is 17.2 Å². The maximum absolute atomic E-state index is 13.4. The number of ether oxygens (including phenoxy) is 4. The van der Waals surface area contributed by atoms with Gasteiger partial charge in [-0.2, -0.15) is 0 Å². The van der Waals surface area contributed by atoms with Crippen molar-refractivity contribution in [2.75, 3.05) is 21.3 Å². The number of Topliss-reactive ketones (excluding diaryl/α,β-unsaturated/α-hetero) is 1. The molecule has 3 aromatic rings. The predicted molar refractivity (Wildman–Crippen MR) is 121 cm³/mol. The van der Waals surface area contributed by atoms with Crippen LogP contribution in [0.1, 0.15) is 43.5 Å². The Morgan fingerprint density at radius 3 is 1.88 bits per heavy atom. The SMILES string of the molecule is COc1cc(C(=O)O[C@@H](C(=O)c2ccc(C)c(C)c2)c2ccccc2)cc(OC)c1OC. The molecule has 6 heteroatoms. The topological polar surface area (TPSA) is 71.1 Å². The van der Waals surface area contributed by atoms with Gasteiger partial charge in [0.1, 0.15) is 0 Å². The standard InChI is InChI=1S/C26H26O6/c1-16-11-12-19(13-17(16)2)23(27)24(18-9-7-6-8-10-18)32-26(28)20-14-21(29-3)25(31-5)22(15-20)30-4/h6-15,24H,1-5H3/t24-/m1/s1. The van der Waals surface area contributed by atoms with Crippen molar-refractivity contribution in [2.24, 2.45) is 0 Å². The predicted octanol–water partition coefficient (Wildman–Crippen LogP) is 5.11. The van der Waals surface area contributed by atoms with E-state index in [1.54, 1.807) is 36.4 Å². The highest BCUT2D eigenvalue weighted by Gasteiger charge is 2.28. The summed E-state index contributed by atoms with van der Waals surface area (Å²) in [5.41, 5.74) is 3.29. The number of hydrogen-bond acceptors (Lipinski definition) is 6. The van der Waals surface area contributed by atoms with E-state index in [-0.39, 0.29) is 11.3 Å². The third kappa shape index (κ3) is 4.75. The van der Waals surface area contributed by atoms with Crippen molar-refractivity contribution in [3.63, 3.8) is 0 Å². The van der Waals surface area contributed by atoms with E-state index in [1.807, 2.05) is 26.0 Å². The fourth-order valence-electron chi connectivity index (χ4n) is 3.32. The number of methoxy groups -OCH3 is 3. The molecule has 166 valence electrons. The molecule has 32 heavy (non-hydrogen) atoms. The molecule has 0 spiro atoms. The molecule has 0 aliphatic heterocycles. The number of rotatable bonds is 8. The normalized spacial score (nSPS) is 11.4. The highest BCUT2D eigenvalue weighted by molar-refractivity contribution is 6.02. The Kier molecular flexibility index (Phi) is 7.15. The van der Waals surface area contributed by atoms with Gasteiger partial charge < -0.3 is 18.9 Å². The summed E-state index contributed by atoms with van der Waals surface area (Å²) >= 11 is 0. The zero-order valence-corrected chi connectivity index (χ0v) is 18.8.